The number of hydrogen-bond donors (Lipinski definition) is 0. The van der Waals surface area contributed by atoms with E-state index in [1.165, 1.54) is 11.5 Å². The van der Waals surface area contributed by atoms with Crippen LogP contribution in [0.1, 0.15) is 10.4 Å². The number of fused-ring (bicyclic) bond motifs is 1. The van der Waals surface area contributed by atoms with Gasteiger partial charge in [-0.1, -0.05) is 16.6 Å². The predicted molar refractivity (Wildman–Crippen MR) is 42.8 cm³/mol. The Morgan fingerprint density at radius 2 is 2.36 bits per heavy atom. The first kappa shape index (κ1) is 6.42. The molecule has 0 aliphatic rings. The second-order valence-corrected chi connectivity index (χ2v) is 2.84. The van der Waals surface area contributed by atoms with Gasteiger partial charge in [-0.2, -0.15) is 0 Å². The molecule has 0 aliphatic heterocycles. The van der Waals surface area contributed by atoms with E-state index >= 15 is 0 Å². The Balaban J connectivity index is 2.88. The molecule has 0 saturated heterocycles. The van der Waals surface area contributed by atoms with Gasteiger partial charge >= 0.3 is 0 Å². The number of aromatic nitrogens is 2. The van der Waals surface area contributed by atoms with Crippen LogP contribution in [0.3, 0.4) is 0 Å². The van der Waals surface area contributed by atoms with Gasteiger partial charge in [-0.25, -0.2) is 0 Å². The number of rotatable bonds is 1. The largest absolute Gasteiger partial charge is 0.298 e. The van der Waals surface area contributed by atoms with Crippen molar-refractivity contribution >= 4 is 28.0 Å². The summed E-state index contributed by atoms with van der Waals surface area (Å²) in [6.07, 6.45) is 0.822. The van der Waals surface area contributed by atoms with Gasteiger partial charge in [0.25, 0.3) is 0 Å². The van der Waals surface area contributed by atoms with Gasteiger partial charge in [0.1, 0.15) is 5.52 Å². The number of carbonyl (C=O) groups is 1. The number of hydrogen-bond acceptors (Lipinski definition) is 4. The zero-order chi connectivity index (χ0) is 7.68. The molecule has 0 fully saturated rings. The summed E-state index contributed by atoms with van der Waals surface area (Å²) in [5, 5.41) is 3.84. The normalized spacial score (nSPS) is 10.2. The van der Waals surface area contributed by atoms with Gasteiger partial charge < -0.3 is 0 Å². The molecule has 0 amide bonds. The van der Waals surface area contributed by atoms with Crippen LogP contribution in [-0.2, 0) is 0 Å². The Morgan fingerprint density at radius 3 is 3.18 bits per heavy atom. The number of carbonyl (C=O) groups excluding carboxylic acids is 1. The van der Waals surface area contributed by atoms with E-state index < -0.39 is 0 Å². The summed E-state index contributed by atoms with van der Waals surface area (Å²) in [6, 6.07) is 5.40. The number of aldehydes is 1. The van der Waals surface area contributed by atoms with Crippen LogP contribution in [0.15, 0.2) is 18.2 Å². The molecule has 0 spiro atoms. The Kier molecular flexibility index (Phi) is 1.40. The van der Waals surface area contributed by atoms with Crippen molar-refractivity contribution in [3.8, 4) is 0 Å². The molecule has 0 unspecified atom stereocenters. The van der Waals surface area contributed by atoms with Crippen LogP contribution in [0.5, 0.6) is 0 Å². The summed E-state index contributed by atoms with van der Waals surface area (Å²) in [4.78, 5) is 10.5. The van der Waals surface area contributed by atoms with Gasteiger partial charge in [-0.05, 0) is 17.6 Å². The molecule has 3 nitrogen and oxygen atoms in total. The quantitative estimate of drug-likeness (QED) is 0.600. The lowest BCUT2D eigenvalue weighted by molar-refractivity contribution is 0.112. The van der Waals surface area contributed by atoms with Crippen LogP contribution in [-0.4, -0.2) is 15.9 Å². The van der Waals surface area contributed by atoms with E-state index in [0.717, 1.165) is 16.5 Å². The van der Waals surface area contributed by atoms with Crippen LogP contribution < -0.4 is 0 Å². The fourth-order valence-corrected chi connectivity index (χ4v) is 1.55. The molecule has 4 heteroatoms. The van der Waals surface area contributed by atoms with Crippen molar-refractivity contribution in [2.24, 2.45) is 0 Å². The number of nitrogens with zero attached hydrogens (tertiary/aromatic N) is 2. The molecule has 1 aromatic heterocycles. The van der Waals surface area contributed by atoms with Crippen molar-refractivity contribution < 1.29 is 4.79 Å². The maximum atomic E-state index is 10.5. The topological polar surface area (TPSA) is 42.9 Å². The summed E-state index contributed by atoms with van der Waals surface area (Å²) >= 11 is 1.25. The third kappa shape index (κ3) is 0.914. The zero-order valence-electron chi connectivity index (χ0n) is 5.52. The highest BCUT2D eigenvalue weighted by molar-refractivity contribution is 7.13. The first-order chi connectivity index (χ1) is 5.42. The van der Waals surface area contributed by atoms with Crippen LogP contribution in [0.25, 0.3) is 10.2 Å². The molecule has 0 saturated carbocycles. The molecule has 0 aliphatic carbocycles. The SMILES string of the molecule is O=Cc1cccc2nnsc12. The lowest BCUT2D eigenvalue weighted by Crippen LogP contribution is -1.77. The first-order valence-corrected chi connectivity index (χ1v) is 3.85. The summed E-state index contributed by atoms with van der Waals surface area (Å²) in [6.45, 7) is 0. The van der Waals surface area contributed by atoms with Crippen molar-refractivity contribution in [2.75, 3.05) is 0 Å². The van der Waals surface area contributed by atoms with Gasteiger partial charge in [0.05, 0.1) is 4.70 Å². The summed E-state index contributed by atoms with van der Waals surface area (Å²) in [7, 11) is 0. The van der Waals surface area contributed by atoms with Crippen molar-refractivity contribution in [2.45, 2.75) is 0 Å². The average molecular weight is 164 g/mol. The van der Waals surface area contributed by atoms with Crippen LogP contribution in [0.2, 0.25) is 0 Å². The Bertz CT molecular complexity index is 396. The second-order valence-electron chi connectivity index (χ2n) is 2.09. The van der Waals surface area contributed by atoms with Crippen molar-refractivity contribution in [3.05, 3.63) is 23.8 Å². The third-order valence-corrected chi connectivity index (χ3v) is 2.22. The third-order valence-electron chi connectivity index (χ3n) is 1.43. The standard InChI is InChI=1S/C7H4N2OS/c10-4-5-2-1-3-6-7(5)11-9-8-6/h1-4H. The molecule has 1 heterocycles. The van der Waals surface area contributed by atoms with Gasteiger partial charge in [0.2, 0.25) is 0 Å². The van der Waals surface area contributed by atoms with E-state index in [0.29, 0.717) is 5.56 Å². The molecule has 1 aromatic carbocycles. The lowest BCUT2D eigenvalue weighted by Gasteiger charge is -1.87. The van der Waals surface area contributed by atoms with E-state index in [4.69, 9.17) is 0 Å². The average Bonchev–Trinajstić information content (AvgIpc) is 2.50. The minimum Gasteiger partial charge on any atom is -0.298 e. The highest BCUT2D eigenvalue weighted by Crippen LogP contribution is 2.17. The van der Waals surface area contributed by atoms with E-state index in [2.05, 4.69) is 9.59 Å². The van der Waals surface area contributed by atoms with Crippen molar-refractivity contribution in [1.82, 2.24) is 9.59 Å². The monoisotopic (exact) mass is 164 g/mol. The predicted octanol–water partition coefficient (Wildman–Crippen LogP) is 1.50. The summed E-state index contributed by atoms with van der Waals surface area (Å²) in [5.41, 5.74) is 1.46. The van der Waals surface area contributed by atoms with Gasteiger partial charge in [-0.15, -0.1) is 5.10 Å². The Hall–Kier alpha value is -1.29. The van der Waals surface area contributed by atoms with Gasteiger partial charge in [0, 0.05) is 5.56 Å². The first-order valence-electron chi connectivity index (χ1n) is 3.08. The van der Waals surface area contributed by atoms with Gasteiger partial charge in [0.15, 0.2) is 6.29 Å². The van der Waals surface area contributed by atoms with E-state index in [-0.39, 0.29) is 0 Å². The smallest absolute Gasteiger partial charge is 0.151 e. The lowest BCUT2D eigenvalue weighted by atomic mass is 10.2. The van der Waals surface area contributed by atoms with Crippen LogP contribution in [0.4, 0.5) is 0 Å². The van der Waals surface area contributed by atoms with E-state index in [9.17, 15) is 4.79 Å². The fourth-order valence-electron chi connectivity index (χ4n) is 0.918. The molecule has 0 N–H and O–H groups in total. The maximum absolute atomic E-state index is 10.5. The number of benzene rings is 1. The maximum Gasteiger partial charge on any atom is 0.151 e. The molecule has 0 bridgehead atoms. The molecular formula is C7H4N2OS. The van der Waals surface area contributed by atoms with E-state index in [1.54, 1.807) is 12.1 Å². The minimum absolute atomic E-state index is 0.664. The second kappa shape index (κ2) is 2.39. The Labute approximate surface area is 66.8 Å². The van der Waals surface area contributed by atoms with Crippen LogP contribution >= 0.6 is 11.5 Å². The Morgan fingerprint density at radius 1 is 1.45 bits per heavy atom. The molecule has 0 radical (unpaired) electrons. The summed E-state index contributed by atoms with van der Waals surface area (Å²) < 4.78 is 4.61. The molecule has 11 heavy (non-hydrogen) atoms. The van der Waals surface area contributed by atoms with Crippen molar-refractivity contribution in [1.29, 1.82) is 0 Å². The molecule has 2 aromatic rings. The molecule has 54 valence electrons. The summed E-state index contributed by atoms with van der Waals surface area (Å²) in [5.74, 6) is 0. The molecule has 0 atom stereocenters. The van der Waals surface area contributed by atoms with E-state index in [1.807, 2.05) is 6.07 Å². The highest BCUT2D eigenvalue weighted by atomic mass is 32.1. The van der Waals surface area contributed by atoms with Gasteiger partial charge in [-0.3, -0.25) is 4.79 Å². The van der Waals surface area contributed by atoms with Crippen LogP contribution in [0, 0.1) is 0 Å². The zero-order valence-corrected chi connectivity index (χ0v) is 6.34. The minimum atomic E-state index is 0.664. The fraction of sp³-hybridized carbons (Fsp3) is 0. The highest BCUT2D eigenvalue weighted by Gasteiger charge is 2.01. The molecular weight excluding hydrogens is 160 g/mol. The molecule has 2 rings (SSSR count). The van der Waals surface area contributed by atoms with Crippen molar-refractivity contribution in [3.63, 3.8) is 0 Å².